The van der Waals surface area contributed by atoms with Crippen LogP contribution in [0.3, 0.4) is 0 Å². The van der Waals surface area contributed by atoms with Gasteiger partial charge in [0.15, 0.2) is 5.96 Å². The summed E-state index contributed by atoms with van der Waals surface area (Å²) >= 11 is 0. The molecule has 1 heterocycles. The van der Waals surface area contributed by atoms with Crippen molar-refractivity contribution < 1.29 is 0 Å². The van der Waals surface area contributed by atoms with E-state index in [0.717, 1.165) is 25.5 Å². The van der Waals surface area contributed by atoms with E-state index in [1.54, 1.807) is 0 Å². The molecule has 23 heavy (non-hydrogen) atoms. The van der Waals surface area contributed by atoms with E-state index in [9.17, 15) is 0 Å². The molecule has 1 aromatic carbocycles. The molecule has 126 valence electrons. The lowest BCUT2D eigenvalue weighted by Crippen LogP contribution is -2.39. The highest BCUT2D eigenvalue weighted by molar-refractivity contribution is 14.0. The molecular weight excluding hydrogens is 399 g/mol. The summed E-state index contributed by atoms with van der Waals surface area (Å²) in [4.78, 5) is 6.51. The van der Waals surface area contributed by atoms with Gasteiger partial charge in [0.25, 0.3) is 0 Å². The van der Waals surface area contributed by atoms with Crippen molar-refractivity contribution in [3.8, 4) is 0 Å². The maximum absolute atomic E-state index is 4.37. The Kier molecular flexibility index (Phi) is 8.16. The molecule has 0 unspecified atom stereocenters. The molecule has 2 aromatic rings. The molecule has 0 aliphatic rings. The number of aromatic nitrogens is 1. The molecule has 0 saturated carbocycles. The Morgan fingerprint density at radius 3 is 2.65 bits per heavy atom. The lowest BCUT2D eigenvalue weighted by molar-refractivity contribution is 0.462. The van der Waals surface area contributed by atoms with E-state index in [-0.39, 0.29) is 24.0 Å². The predicted molar refractivity (Wildman–Crippen MR) is 109 cm³/mol. The van der Waals surface area contributed by atoms with Crippen LogP contribution < -0.4 is 5.32 Å². The number of nitrogens with one attached hydrogen (secondary N) is 1. The summed E-state index contributed by atoms with van der Waals surface area (Å²) in [6.45, 7) is 3.85. The van der Waals surface area contributed by atoms with E-state index >= 15 is 0 Å². The summed E-state index contributed by atoms with van der Waals surface area (Å²) < 4.78 is 2.14. The Labute approximate surface area is 156 Å². The number of rotatable bonds is 5. The van der Waals surface area contributed by atoms with E-state index in [1.165, 1.54) is 16.8 Å². The maximum atomic E-state index is 4.37. The molecule has 0 aliphatic heterocycles. The molecule has 0 amide bonds. The second kappa shape index (κ2) is 9.60. The highest BCUT2D eigenvalue weighted by atomic mass is 127. The number of halogens is 1. The third-order valence-corrected chi connectivity index (χ3v) is 3.80. The van der Waals surface area contributed by atoms with Crippen LogP contribution in [0.4, 0.5) is 0 Å². The monoisotopic (exact) mass is 426 g/mol. The zero-order chi connectivity index (χ0) is 15.9. The SMILES string of the molecule is CN=C(NCCc1cccc(C)c1)N(C)Cc1cccn1C.I. The molecule has 4 nitrogen and oxygen atoms in total. The minimum absolute atomic E-state index is 0. The van der Waals surface area contributed by atoms with Gasteiger partial charge in [-0.05, 0) is 31.0 Å². The third-order valence-electron chi connectivity index (χ3n) is 3.80. The molecule has 0 bridgehead atoms. The van der Waals surface area contributed by atoms with Gasteiger partial charge in [0, 0.05) is 39.6 Å². The number of aliphatic imine (C=N–C) groups is 1. The van der Waals surface area contributed by atoms with E-state index in [2.05, 4.69) is 83.4 Å². The Morgan fingerprint density at radius 2 is 2.04 bits per heavy atom. The van der Waals surface area contributed by atoms with Gasteiger partial charge in [0.1, 0.15) is 0 Å². The quantitative estimate of drug-likeness (QED) is 0.453. The summed E-state index contributed by atoms with van der Waals surface area (Å²) in [6.07, 6.45) is 3.07. The smallest absolute Gasteiger partial charge is 0.193 e. The second-order valence-electron chi connectivity index (χ2n) is 5.68. The molecule has 0 spiro atoms. The summed E-state index contributed by atoms with van der Waals surface area (Å²) in [5, 5.41) is 3.44. The number of hydrogen-bond acceptors (Lipinski definition) is 1. The second-order valence-corrected chi connectivity index (χ2v) is 5.68. The van der Waals surface area contributed by atoms with E-state index in [4.69, 9.17) is 0 Å². The van der Waals surface area contributed by atoms with Gasteiger partial charge in [0.2, 0.25) is 0 Å². The molecule has 1 aromatic heterocycles. The van der Waals surface area contributed by atoms with Crippen LogP contribution in [0, 0.1) is 6.92 Å². The van der Waals surface area contributed by atoms with Crippen LogP contribution in [0.1, 0.15) is 16.8 Å². The first-order valence-corrected chi connectivity index (χ1v) is 7.67. The topological polar surface area (TPSA) is 32.6 Å². The van der Waals surface area contributed by atoms with Crippen LogP contribution in [-0.2, 0) is 20.0 Å². The van der Waals surface area contributed by atoms with Gasteiger partial charge in [-0.25, -0.2) is 0 Å². The molecule has 0 saturated heterocycles. The fourth-order valence-electron chi connectivity index (χ4n) is 2.55. The normalized spacial score (nSPS) is 11.0. The zero-order valence-corrected chi connectivity index (χ0v) is 16.7. The van der Waals surface area contributed by atoms with E-state index in [0.29, 0.717) is 0 Å². The van der Waals surface area contributed by atoms with Gasteiger partial charge in [-0.1, -0.05) is 29.8 Å². The van der Waals surface area contributed by atoms with Crippen LogP contribution in [-0.4, -0.2) is 36.1 Å². The number of benzene rings is 1. The summed E-state index contributed by atoms with van der Waals surface area (Å²) in [7, 11) is 5.96. The van der Waals surface area contributed by atoms with Crippen LogP contribution >= 0.6 is 24.0 Å². The highest BCUT2D eigenvalue weighted by Crippen LogP contribution is 2.05. The maximum Gasteiger partial charge on any atom is 0.193 e. The van der Waals surface area contributed by atoms with Crippen molar-refractivity contribution in [3.63, 3.8) is 0 Å². The average Bonchev–Trinajstić information content (AvgIpc) is 2.89. The summed E-state index contributed by atoms with van der Waals surface area (Å²) in [5.74, 6) is 0.925. The van der Waals surface area contributed by atoms with Crippen LogP contribution in [0.2, 0.25) is 0 Å². The highest BCUT2D eigenvalue weighted by Gasteiger charge is 2.07. The number of guanidine groups is 1. The van der Waals surface area contributed by atoms with Gasteiger partial charge in [-0.2, -0.15) is 0 Å². The van der Waals surface area contributed by atoms with Crippen LogP contribution in [0.25, 0.3) is 0 Å². The molecule has 2 rings (SSSR count). The van der Waals surface area contributed by atoms with Gasteiger partial charge >= 0.3 is 0 Å². The number of aryl methyl sites for hydroxylation is 2. The first-order chi connectivity index (χ1) is 10.6. The minimum Gasteiger partial charge on any atom is -0.356 e. The standard InChI is InChI=1S/C18H26N4.HI/c1-15-7-5-8-16(13-15)10-11-20-18(19-2)22(4)14-17-9-6-12-21(17)3;/h5-9,12-13H,10-11,14H2,1-4H3,(H,19,20);1H. The molecule has 5 heteroatoms. The Morgan fingerprint density at radius 1 is 1.26 bits per heavy atom. The lowest BCUT2D eigenvalue weighted by atomic mass is 10.1. The Bertz CT molecular complexity index is 633. The van der Waals surface area contributed by atoms with Crippen molar-refractivity contribution in [1.29, 1.82) is 0 Å². The van der Waals surface area contributed by atoms with Crippen molar-refractivity contribution in [2.45, 2.75) is 19.9 Å². The van der Waals surface area contributed by atoms with Crippen molar-refractivity contribution in [2.24, 2.45) is 12.0 Å². The molecular formula is C18H27IN4. The van der Waals surface area contributed by atoms with E-state index in [1.807, 2.05) is 7.05 Å². The molecule has 0 radical (unpaired) electrons. The first-order valence-electron chi connectivity index (χ1n) is 7.67. The van der Waals surface area contributed by atoms with Crippen LogP contribution in [0.15, 0.2) is 47.6 Å². The first kappa shape index (κ1) is 19.5. The van der Waals surface area contributed by atoms with Crippen LogP contribution in [0.5, 0.6) is 0 Å². The number of hydrogen-bond donors (Lipinski definition) is 1. The molecule has 0 atom stereocenters. The minimum atomic E-state index is 0. The van der Waals surface area contributed by atoms with E-state index < -0.39 is 0 Å². The predicted octanol–water partition coefficient (Wildman–Crippen LogP) is 3.20. The zero-order valence-electron chi connectivity index (χ0n) is 14.4. The van der Waals surface area contributed by atoms with Gasteiger partial charge in [0.05, 0.1) is 6.54 Å². The van der Waals surface area contributed by atoms with Gasteiger partial charge in [-0.3, -0.25) is 4.99 Å². The Balaban J connectivity index is 0.00000264. The van der Waals surface area contributed by atoms with Gasteiger partial charge < -0.3 is 14.8 Å². The fraction of sp³-hybridized carbons (Fsp3) is 0.389. The van der Waals surface area contributed by atoms with Crippen molar-refractivity contribution in [3.05, 3.63) is 59.4 Å². The van der Waals surface area contributed by atoms with Crippen molar-refractivity contribution >= 4 is 29.9 Å². The Hall–Kier alpha value is -1.50. The average molecular weight is 426 g/mol. The number of nitrogens with zero attached hydrogens (tertiary/aromatic N) is 3. The molecule has 1 N–H and O–H groups in total. The third kappa shape index (κ3) is 5.89. The van der Waals surface area contributed by atoms with Crippen molar-refractivity contribution in [2.75, 3.05) is 20.6 Å². The molecule has 0 aliphatic carbocycles. The molecule has 0 fully saturated rings. The fourth-order valence-corrected chi connectivity index (χ4v) is 2.55. The van der Waals surface area contributed by atoms with Crippen molar-refractivity contribution in [1.82, 2.24) is 14.8 Å². The summed E-state index contributed by atoms with van der Waals surface area (Å²) in [5.41, 5.74) is 3.93. The van der Waals surface area contributed by atoms with Gasteiger partial charge in [-0.15, -0.1) is 24.0 Å². The largest absolute Gasteiger partial charge is 0.356 e. The summed E-state index contributed by atoms with van der Waals surface area (Å²) in [6, 6.07) is 12.8. The lowest BCUT2D eigenvalue weighted by Gasteiger charge is -2.22.